The van der Waals surface area contributed by atoms with Gasteiger partial charge in [0.05, 0.1) is 47.6 Å². The number of aliphatic hydroxyl groups is 4. The zero-order chi connectivity index (χ0) is 104. The van der Waals surface area contributed by atoms with Crippen LogP contribution in [0.4, 0.5) is 17.6 Å². The topological polar surface area (TPSA) is 364 Å². The van der Waals surface area contributed by atoms with E-state index in [9.17, 15) is 76.3 Å². The van der Waals surface area contributed by atoms with E-state index in [2.05, 4.69) is 54.2 Å². The summed E-state index contributed by atoms with van der Waals surface area (Å²) in [6.07, 6.45) is 10.8. The predicted octanol–water partition coefficient (Wildman–Crippen LogP) is 14.2. The lowest BCUT2D eigenvalue weighted by molar-refractivity contribution is -0.152. The molecule has 6 fully saturated rings. The first-order valence-corrected chi connectivity index (χ1v) is 50.0. The third-order valence-corrected chi connectivity index (χ3v) is 28.0. The molecule has 8 amide bonds. The summed E-state index contributed by atoms with van der Waals surface area (Å²) in [7, 11) is 0. The van der Waals surface area contributed by atoms with Gasteiger partial charge in [0.25, 0.3) is 47.3 Å². The Balaban J connectivity index is 0.000000139. The number of piperazine rings is 4. The van der Waals surface area contributed by atoms with Gasteiger partial charge >= 0.3 is 0 Å². The van der Waals surface area contributed by atoms with Gasteiger partial charge in [-0.2, -0.15) is 20.4 Å². The van der Waals surface area contributed by atoms with E-state index in [1.165, 1.54) is 68.8 Å². The lowest BCUT2D eigenvalue weighted by Crippen LogP contribution is -2.59. The van der Waals surface area contributed by atoms with Crippen molar-refractivity contribution in [3.8, 4) is 45.0 Å². The minimum Gasteiger partial charge on any atom is -0.383 e. The number of hydrogen-bond acceptors (Lipinski definition) is 20. The molecule has 0 spiro atoms. The molecule has 5 aromatic carbocycles. The smallest absolute Gasteiger partial charge is 0.274 e. The number of nitrogens with zero attached hydrogens (tertiary/aromatic N) is 20. The van der Waals surface area contributed by atoms with Crippen LogP contribution in [0.5, 0.6) is 0 Å². The van der Waals surface area contributed by atoms with Gasteiger partial charge in [-0.1, -0.05) is 105 Å². The van der Waals surface area contributed by atoms with Gasteiger partial charge in [0.1, 0.15) is 69.5 Å². The van der Waals surface area contributed by atoms with Crippen LogP contribution in [0.1, 0.15) is 235 Å². The van der Waals surface area contributed by atoms with Gasteiger partial charge in [0.2, 0.25) is 0 Å². The molecule has 145 heavy (non-hydrogen) atoms. The highest BCUT2D eigenvalue weighted by molar-refractivity contribution is 5.97. The van der Waals surface area contributed by atoms with Gasteiger partial charge in [-0.25, -0.2) is 55.6 Å². The number of aromatic nitrogens is 12. The molecular formula is C109H126F4N20O12. The van der Waals surface area contributed by atoms with E-state index in [4.69, 9.17) is 0 Å². The van der Waals surface area contributed by atoms with E-state index in [-0.39, 0.29) is 142 Å². The SMILES string of the molecule is CC(C)c1cc(-c2ccc(F)cc2)nn2cc(C(=O)N3CCN(C(=O)C(C)(C)O)[C@@H](C)C3)nc12.CC(C)c1cc(-c2ccc(F)cc2)nn2cc(C(=O)N3CCN(C(=O)C(O)Cc4ccccc4)[C@@H](C)C3)nc12.CC(C)c1cc(-c2ccc(F)cc2)nn2cc(C(=O)N3CCN(C(=O)C4(O)CC4)[C@@H](C)C3)nc12.CC(C)c1cc(-c2ccc(F)cc2)nn2cc(C(=O)N3CCN(C(=O)[C@H](O)C4CCCCC4)[C@@H](C)C3)nc12. The molecule has 19 rings (SSSR count). The maximum Gasteiger partial charge on any atom is 0.274 e. The average molecular weight is 1980 g/mol. The molecule has 4 saturated heterocycles. The van der Waals surface area contributed by atoms with Gasteiger partial charge in [-0.15, -0.1) is 0 Å². The highest BCUT2D eigenvalue weighted by Gasteiger charge is 2.52. The minimum atomic E-state index is -1.46. The van der Waals surface area contributed by atoms with Crippen LogP contribution in [0.25, 0.3) is 67.6 Å². The molecule has 6 atom stereocenters. The number of halogens is 4. The number of hydrogen-bond donors (Lipinski definition) is 4. The van der Waals surface area contributed by atoms with Crippen LogP contribution in [0, 0.1) is 29.2 Å². The number of rotatable bonds is 19. The third kappa shape index (κ3) is 23.2. The number of imidazole rings is 4. The van der Waals surface area contributed by atoms with Crippen molar-refractivity contribution in [3.63, 3.8) is 0 Å². The van der Waals surface area contributed by atoms with Crippen LogP contribution in [-0.4, -0.2) is 291 Å². The van der Waals surface area contributed by atoms with Crippen molar-refractivity contribution in [2.24, 2.45) is 5.92 Å². The summed E-state index contributed by atoms with van der Waals surface area (Å²) in [5, 5.41) is 60.1. The molecule has 4 aliphatic heterocycles. The molecule has 0 radical (unpaired) electrons. The number of aliphatic hydroxyl groups excluding tert-OH is 2. The highest BCUT2D eigenvalue weighted by atomic mass is 19.1. The van der Waals surface area contributed by atoms with Crippen molar-refractivity contribution in [1.82, 2.24) is 97.6 Å². The molecule has 12 heterocycles. The first-order chi connectivity index (χ1) is 69.0. The van der Waals surface area contributed by atoms with Crippen LogP contribution in [0.3, 0.4) is 0 Å². The van der Waals surface area contributed by atoms with Gasteiger partial charge < -0.3 is 59.6 Å². The normalized spacial score (nSPS) is 18.2. The van der Waals surface area contributed by atoms with Crippen LogP contribution in [0.15, 0.2) is 176 Å². The monoisotopic (exact) mass is 1980 g/mol. The predicted molar refractivity (Wildman–Crippen MR) is 537 cm³/mol. The lowest BCUT2D eigenvalue weighted by atomic mass is 9.84. The molecule has 8 aromatic heterocycles. The van der Waals surface area contributed by atoms with Crippen molar-refractivity contribution in [1.29, 1.82) is 0 Å². The molecular weight excluding hydrogens is 1860 g/mol. The highest BCUT2D eigenvalue weighted by Crippen LogP contribution is 2.39. The van der Waals surface area contributed by atoms with Crippen molar-refractivity contribution in [3.05, 3.63) is 250 Å². The van der Waals surface area contributed by atoms with E-state index in [0.29, 0.717) is 148 Å². The minimum absolute atomic E-state index is 0.0311. The maximum atomic E-state index is 13.5. The Labute approximate surface area is 838 Å². The van der Waals surface area contributed by atoms with Crippen molar-refractivity contribution in [2.45, 2.75) is 220 Å². The van der Waals surface area contributed by atoms with Crippen molar-refractivity contribution >= 4 is 69.8 Å². The Morgan fingerprint density at radius 2 is 0.669 bits per heavy atom. The molecule has 1 unspecified atom stereocenters. The summed E-state index contributed by atoms with van der Waals surface area (Å²) in [5.74, 6) is -2.72. The second kappa shape index (κ2) is 43.4. The fraction of sp³-hybridized carbons (Fsp3) is 0.431. The summed E-state index contributed by atoms with van der Waals surface area (Å²) in [6, 6.07) is 40.8. The quantitative estimate of drug-likeness (QED) is 0.0546. The number of fused-ring (bicyclic) bond motifs is 4. The molecule has 36 heteroatoms. The molecule has 32 nitrogen and oxygen atoms in total. The first-order valence-electron chi connectivity index (χ1n) is 50.0. The van der Waals surface area contributed by atoms with Gasteiger partial charge in [-0.05, 0) is 224 Å². The summed E-state index contributed by atoms with van der Waals surface area (Å²) in [5.41, 5.74) is 11.3. The van der Waals surface area contributed by atoms with Crippen molar-refractivity contribution in [2.75, 3.05) is 78.5 Å². The van der Waals surface area contributed by atoms with E-state index in [1.54, 1.807) is 131 Å². The summed E-state index contributed by atoms with van der Waals surface area (Å²) < 4.78 is 60.1. The summed E-state index contributed by atoms with van der Waals surface area (Å²) in [6.45, 7) is 31.2. The Hall–Kier alpha value is -14.1. The fourth-order valence-electron chi connectivity index (χ4n) is 19.5. The third-order valence-electron chi connectivity index (χ3n) is 28.0. The average Bonchev–Trinajstić information content (AvgIpc) is 1.34. The molecule has 13 aromatic rings. The first kappa shape index (κ1) is 104. The van der Waals surface area contributed by atoms with Gasteiger partial charge in [-0.3, -0.25) is 38.4 Å². The van der Waals surface area contributed by atoms with Crippen molar-refractivity contribution < 1.29 is 76.3 Å². The van der Waals surface area contributed by atoms with E-state index in [0.717, 1.165) is 75.8 Å². The van der Waals surface area contributed by atoms with E-state index >= 15 is 0 Å². The fourth-order valence-corrected chi connectivity index (χ4v) is 19.5. The Morgan fingerprint density at radius 3 is 0.945 bits per heavy atom. The van der Waals surface area contributed by atoms with Gasteiger partial charge in [0.15, 0.2) is 22.6 Å². The molecule has 2 saturated carbocycles. The zero-order valence-corrected chi connectivity index (χ0v) is 84.2. The number of amides is 8. The largest absolute Gasteiger partial charge is 0.383 e. The number of carbonyl (C=O) groups is 8. The summed E-state index contributed by atoms with van der Waals surface area (Å²) in [4.78, 5) is 137. The van der Waals surface area contributed by atoms with Crippen LogP contribution < -0.4 is 0 Å². The van der Waals surface area contributed by atoms with Crippen LogP contribution >= 0.6 is 0 Å². The second-order valence-electron chi connectivity index (χ2n) is 40.8. The maximum absolute atomic E-state index is 13.5. The van der Waals surface area contributed by atoms with Crippen LogP contribution in [-0.2, 0) is 25.6 Å². The molecule has 2 aliphatic carbocycles. The van der Waals surface area contributed by atoms with E-state index < -0.39 is 23.4 Å². The van der Waals surface area contributed by atoms with Crippen LogP contribution in [0.2, 0.25) is 0 Å². The van der Waals surface area contributed by atoms with Gasteiger partial charge in [0, 0.05) is 154 Å². The molecule has 6 aliphatic rings. The molecule has 762 valence electrons. The molecule has 4 N–H and O–H groups in total. The number of carbonyl (C=O) groups excluding carboxylic acids is 8. The summed E-state index contributed by atoms with van der Waals surface area (Å²) >= 11 is 0. The van der Waals surface area contributed by atoms with E-state index in [1.807, 2.05) is 124 Å². The zero-order valence-electron chi connectivity index (χ0n) is 84.2. The molecule has 0 bridgehead atoms. The number of benzene rings is 5. The second-order valence-corrected chi connectivity index (χ2v) is 40.8. The standard InChI is InChI=1S/C30H32FN5O3.C29H36FN5O3.C25H28FN5O3.C25H30FN5O3/c1-19(2)24-16-25(22-9-11-23(31)12-10-22)33-36-18-26(32-28(24)36)29(38)34-13-14-35(20(3)17-34)30(39)27(37)15-21-7-5-4-6-8-21;1-18(2)23-15-24(20-9-11-22(30)12-10-20)32-35-17-25(31-27(23)35)28(37)33-13-14-34(19(3)16-33)29(38)26(36)21-7-5-4-6-8-21;1-15(2)19-12-20(17-4-6-18(26)7-5-17)28-31-14-21(27-22(19)31)23(32)29-10-11-30(16(3)13-29)24(33)25(34)8-9-25;1-15(2)19-12-20(17-6-8-18(26)9-7-17)28-31-14-21(27-22(19)31)23(32)29-10-11-30(16(3)13-29)24(33)25(4,5)34/h4-12,16,18-20,27,37H,13-15,17H2,1-3H3;9-12,15,17-19,21,26,36H,4-8,13-14,16H2,1-3H3;4-7,12,14-16,34H,8-11,13H2,1-3H3;6-9,12,14-16,34H,10-11,13H2,1-5H3/t20-,27?;19-,26+;2*16-/m0000/s1. The Morgan fingerprint density at radius 1 is 0.386 bits per heavy atom. The Kier molecular flexibility index (Phi) is 31.1. The Bertz CT molecular complexity index is 6750. The lowest BCUT2D eigenvalue weighted by Gasteiger charge is -2.41.